The van der Waals surface area contributed by atoms with Gasteiger partial charge in [-0.15, -0.1) is 11.3 Å². The van der Waals surface area contributed by atoms with Crippen molar-refractivity contribution in [1.29, 1.82) is 0 Å². The van der Waals surface area contributed by atoms with Gasteiger partial charge in [-0.05, 0) is 32.7 Å². The van der Waals surface area contributed by atoms with Gasteiger partial charge in [0, 0.05) is 12.4 Å². The maximum Gasteiger partial charge on any atom is 0.242 e. The minimum atomic E-state index is -0.386. The summed E-state index contributed by atoms with van der Waals surface area (Å²) in [5, 5.41) is 5.33. The first kappa shape index (κ1) is 12.5. The van der Waals surface area contributed by atoms with Gasteiger partial charge in [0.2, 0.25) is 5.91 Å². The van der Waals surface area contributed by atoms with Crippen molar-refractivity contribution >= 4 is 17.2 Å². The molecule has 1 unspecified atom stereocenters. The third kappa shape index (κ3) is 2.84. The van der Waals surface area contributed by atoms with Crippen molar-refractivity contribution in [1.82, 2.24) is 15.2 Å². The van der Waals surface area contributed by atoms with Crippen molar-refractivity contribution in [3.05, 3.63) is 16.6 Å². The first-order valence-electron chi connectivity index (χ1n) is 5.99. The molecule has 1 aromatic heterocycles. The van der Waals surface area contributed by atoms with Crippen molar-refractivity contribution < 1.29 is 4.79 Å². The first-order chi connectivity index (χ1) is 8.12. The van der Waals surface area contributed by atoms with Gasteiger partial charge in [-0.25, -0.2) is 4.98 Å². The highest BCUT2D eigenvalue weighted by molar-refractivity contribution is 7.07. The fraction of sp³-hybridized carbons (Fsp3) is 0.667. The zero-order chi connectivity index (χ0) is 12.3. The quantitative estimate of drug-likeness (QED) is 0.890. The van der Waals surface area contributed by atoms with E-state index < -0.39 is 0 Å². The summed E-state index contributed by atoms with van der Waals surface area (Å²) in [5.74, 6) is 0.171. The predicted molar refractivity (Wildman–Crippen MR) is 68.8 cm³/mol. The van der Waals surface area contributed by atoms with Crippen molar-refractivity contribution in [2.24, 2.45) is 0 Å². The van der Waals surface area contributed by atoms with Crippen LogP contribution in [0.1, 0.15) is 31.9 Å². The van der Waals surface area contributed by atoms with Crippen LogP contribution in [0.3, 0.4) is 0 Å². The Morgan fingerprint density at radius 2 is 2.47 bits per heavy atom. The lowest BCUT2D eigenvalue weighted by Crippen LogP contribution is -2.57. The average Bonchev–Trinajstić information content (AvgIpc) is 2.81. The molecule has 5 heteroatoms. The summed E-state index contributed by atoms with van der Waals surface area (Å²) >= 11 is 1.56. The van der Waals surface area contributed by atoms with Crippen LogP contribution in [0, 0.1) is 0 Å². The highest BCUT2D eigenvalue weighted by Gasteiger charge is 2.36. The zero-order valence-corrected chi connectivity index (χ0v) is 11.2. The van der Waals surface area contributed by atoms with E-state index in [-0.39, 0.29) is 11.4 Å². The molecule has 0 aliphatic carbocycles. The number of piperidine rings is 1. The summed E-state index contributed by atoms with van der Waals surface area (Å²) in [6, 6.07) is 0. The molecule has 1 amide bonds. The number of carbonyl (C=O) groups is 1. The van der Waals surface area contributed by atoms with Crippen LogP contribution in [0.2, 0.25) is 0 Å². The van der Waals surface area contributed by atoms with E-state index in [1.165, 1.54) is 6.42 Å². The summed E-state index contributed by atoms with van der Waals surface area (Å²) in [7, 11) is 1.85. The summed E-state index contributed by atoms with van der Waals surface area (Å²) in [6.45, 7) is 3.54. The van der Waals surface area contributed by atoms with Crippen LogP contribution in [-0.4, -0.2) is 34.9 Å². The predicted octanol–water partition coefficient (Wildman–Crippen LogP) is 1.63. The Kier molecular flexibility index (Phi) is 3.79. The van der Waals surface area contributed by atoms with E-state index in [0.717, 1.165) is 25.1 Å². The van der Waals surface area contributed by atoms with E-state index in [0.29, 0.717) is 6.54 Å². The second-order valence-corrected chi connectivity index (χ2v) is 5.58. The van der Waals surface area contributed by atoms with Gasteiger partial charge >= 0.3 is 0 Å². The number of likely N-dealkylation sites (N-methyl/N-ethyl adjacent to an activating group) is 1. The normalized spacial score (nSPS) is 24.6. The number of nitrogens with one attached hydrogen (secondary N) is 1. The van der Waals surface area contributed by atoms with Crippen LogP contribution >= 0.6 is 11.3 Å². The van der Waals surface area contributed by atoms with E-state index in [9.17, 15) is 4.79 Å². The van der Waals surface area contributed by atoms with E-state index in [2.05, 4.69) is 10.3 Å². The molecule has 1 saturated heterocycles. The topological polar surface area (TPSA) is 45.2 Å². The number of carbonyl (C=O) groups excluding carboxylic acids is 1. The highest BCUT2D eigenvalue weighted by Crippen LogP contribution is 2.21. The molecule has 1 aliphatic rings. The van der Waals surface area contributed by atoms with E-state index in [1.807, 2.05) is 19.4 Å². The van der Waals surface area contributed by atoms with E-state index in [4.69, 9.17) is 0 Å². The molecule has 4 nitrogen and oxygen atoms in total. The lowest BCUT2D eigenvalue weighted by molar-refractivity contribution is -0.138. The summed E-state index contributed by atoms with van der Waals surface area (Å²) in [5.41, 5.74) is 2.38. The van der Waals surface area contributed by atoms with Gasteiger partial charge in [0.1, 0.15) is 0 Å². The first-order valence-corrected chi connectivity index (χ1v) is 6.94. The molecular formula is C12H19N3OS. The van der Waals surface area contributed by atoms with Gasteiger partial charge in [-0.2, -0.15) is 0 Å². The van der Waals surface area contributed by atoms with E-state index in [1.54, 1.807) is 21.7 Å². The van der Waals surface area contributed by atoms with Crippen molar-refractivity contribution in [3.8, 4) is 0 Å². The average molecular weight is 253 g/mol. The molecule has 17 heavy (non-hydrogen) atoms. The van der Waals surface area contributed by atoms with Crippen molar-refractivity contribution in [2.75, 3.05) is 13.6 Å². The summed E-state index contributed by atoms with van der Waals surface area (Å²) < 4.78 is 0. The monoisotopic (exact) mass is 253 g/mol. The smallest absolute Gasteiger partial charge is 0.242 e. The van der Waals surface area contributed by atoms with Gasteiger partial charge in [0.15, 0.2) is 0 Å². The number of thiazole rings is 1. The molecule has 1 atom stereocenters. The second-order valence-electron chi connectivity index (χ2n) is 4.86. The van der Waals surface area contributed by atoms with Crippen LogP contribution in [0.15, 0.2) is 10.9 Å². The minimum absolute atomic E-state index is 0.171. The number of hydrogen-bond acceptors (Lipinski definition) is 4. The molecule has 1 aromatic rings. The van der Waals surface area contributed by atoms with Crippen molar-refractivity contribution in [2.45, 2.75) is 38.3 Å². The third-order valence-corrected chi connectivity index (χ3v) is 3.96. The molecule has 0 radical (unpaired) electrons. The molecule has 2 rings (SSSR count). The van der Waals surface area contributed by atoms with Gasteiger partial charge in [0.05, 0.1) is 23.3 Å². The van der Waals surface area contributed by atoms with Crippen LogP contribution in [0.25, 0.3) is 0 Å². The lowest BCUT2D eigenvalue weighted by Gasteiger charge is -2.36. The Morgan fingerprint density at radius 1 is 1.65 bits per heavy atom. The van der Waals surface area contributed by atoms with Gasteiger partial charge in [-0.1, -0.05) is 0 Å². The Labute approximate surface area is 106 Å². The Balaban J connectivity index is 1.98. The van der Waals surface area contributed by atoms with Crippen LogP contribution in [-0.2, 0) is 11.3 Å². The molecule has 94 valence electrons. The largest absolute Gasteiger partial charge is 0.338 e. The fourth-order valence-electron chi connectivity index (χ4n) is 2.29. The van der Waals surface area contributed by atoms with Gasteiger partial charge in [0.25, 0.3) is 0 Å². The van der Waals surface area contributed by atoms with E-state index >= 15 is 0 Å². The number of nitrogens with zero attached hydrogens (tertiary/aromatic N) is 2. The SMILES string of the molecule is CN(Cc1cscn1)C(=O)C1(C)CCCCN1. The fourth-order valence-corrected chi connectivity index (χ4v) is 2.84. The lowest BCUT2D eigenvalue weighted by atomic mass is 9.89. The Bertz CT molecular complexity index is 371. The van der Waals surface area contributed by atoms with Crippen molar-refractivity contribution in [3.63, 3.8) is 0 Å². The Morgan fingerprint density at radius 3 is 3.06 bits per heavy atom. The molecule has 2 heterocycles. The molecule has 1 N–H and O–H groups in total. The number of aromatic nitrogens is 1. The molecule has 1 aliphatic heterocycles. The number of amides is 1. The standard InChI is InChI=1S/C12H19N3OS/c1-12(5-3-4-6-14-12)11(16)15(2)7-10-8-17-9-13-10/h8-9,14H,3-7H2,1-2H3. The molecule has 1 fully saturated rings. The number of rotatable bonds is 3. The molecule has 0 bridgehead atoms. The molecule has 0 saturated carbocycles. The third-order valence-electron chi connectivity index (χ3n) is 3.32. The van der Waals surface area contributed by atoms with Crippen LogP contribution in [0.4, 0.5) is 0 Å². The molecular weight excluding hydrogens is 234 g/mol. The maximum atomic E-state index is 12.4. The van der Waals surface area contributed by atoms with Crippen LogP contribution in [0.5, 0.6) is 0 Å². The Hall–Kier alpha value is -0.940. The summed E-state index contributed by atoms with van der Waals surface area (Å²) in [4.78, 5) is 18.4. The molecule has 0 spiro atoms. The zero-order valence-electron chi connectivity index (χ0n) is 10.4. The second kappa shape index (κ2) is 5.14. The van der Waals surface area contributed by atoms with Gasteiger partial charge < -0.3 is 10.2 Å². The maximum absolute atomic E-state index is 12.4. The molecule has 0 aromatic carbocycles. The summed E-state index contributed by atoms with van der Waals surface area (Å²) in [6.07, 6.45) is 3.21. The number of hydrogen-bond donors (Lipinski definition) is 1. The van der Waals surface area contributed by atoms with Gasteiger partial charge in [-0.3, -0.25) is 4.79 Å². The highest BCUT2D eigenvalue weighted by atomic mass is 32.1. The van der Waals surface area contributed by atoms with Crippen LogP contribution < -0.4 is 5.32 Å². The minimum Gasteiger partial charge on any atom is -0.338 e.